The summed E-state index contributed by atoms with van der Waals surface area (Å²) in [5.74, 6) is -0.0498. The molecule has 0 aromatic heterocycles. The van der Waals surface area contributed by atoms with Crippen LogP contribution < -0.4 is 10.6 Å². The van der Waals surface area contributed by atoms with E-state index < -0.39 is 0 Å². The van der Waals surface area contributed by atoms with E-state index in [1.54, 1.807) is 0 Å². The van der Waals surface area contributed by atoms with E-state index in [9.17, 15) is 9.59 Å². The molecule has 3 amide bonds. The summed E-state index contributed by atoms with van der Waals surface area (Å²) in [6, 6.07) is 19.2. The lowest BCUT2D eigenvalue weighted by atomic mass is 10.0. The van der Waals surface area contributed by atoms with E-state index in [1.165, 1.54) is 0 Å². The van der Waals surface area contributed by atoms with E-state index in [1.807, 2.05) is 72.5 Å². The Balaban J connectivity index is 1.46. The van der Waals surface area contributed by atoms with Gasteiger partial charge in [-0.05, 0) is 37.5 Å². The van der Waals surface area contributed by atoms with Crippen molar-refractivity contribution in [3.8, 4) is 0 Å². The van der Waals surface area contributed by atoms with Crippen molar-refractivity contribution in [2.45, 2.75) is 31.8 Å². The predicted molar refractivity (Wildman–Crippen MR) is 102 cm³/mol. The van der Waals surface area contributed by atoms with E-state index in [2.05, 4.69) is 10.6 Å². The Labute approximate surface area is 154 Å². The molecule has 2 N–H and O–H groups in total. The van der Waals surface area contributed by atoms with Crippen LogP contribution in [0.25, 0.3) is 0 Å². The van der Waals surface area contributed by atoms with Gasteiger partial charge in [0.1, 0.15) is 0 Å². The smallest absolute Gasteiger partial charge is 0.317 e. The maximum Gasteiger partial charge on any atom is 0.317 e. The van der Waals surface area contributed by atoms with Crippen molar-refractivity contribution in [2.24, 2.45) is 0 Å². The highest BCUT2D eigenvalue weighted by Crippen LogP contribution is 2.15. The van der Waals surface area contributed by atoms with Gasteiger partial charge in [-0.25, -0.2) is 4.79 Å². The van der Waals surface area contributed by atoms with E-state index in [0.717, 1.165) is 18.4 Å². The number of urea groups is 1. The lowest BCUT2D eigenvalue weighted by Gasteiger charge is -2.33. The summed E-state index contributed by atoms with van der Waals surface area (Å²) >= 11 is 0. The molecule has 1 aliphatic heterocycles. The second kappa shape index (κ2) is 8.52. The van der Waals surface area contributed by atoms with Gasteiger partial charge in [0.15, 0.2) is 0 Å². The van der Waals surface area contributed by atoms with Crippen LogP contribution in [0.15, 0.2) is 60.7 Å². The molecule has 1 aliphatic rings. The van der Waals surface area contributed by atoms with Crippen LogP contribution >= 0.6 is 0 Å². The van der Waals surface area contributed by atoms with Gasteiger partial charge in [0.25, 0.3) is 5.91 Å². The average Bonchev–Trinajstić information content (AvgIpc) is 2.69. The number of amides is 3. The van der Waals surface area contributed by atoms with Crippen molar-refractivity contribution < 1.29 is 9.59 Å². The molecule has 2 aromatic carbocycles. The molecule has 0 bridgehead atoms. The maximum absolute atomic E-state index is 12.5. The number of hydrogen-bond acceptors (Lipinski definition) is 2. The molecule has 26 heavy (non-hydrogen) atoms. The minimum Gasteiger partial charge on any atom is -0.349 e. The van der Waals surface area contributed by atoms with Crippen LogP contribution in [-0.2, 0) is 0 Å². The zero-order valence-corrected chi connectivity index (χ0v) is 15.0. The maximum atomic E-state index is 12.5. The first kappa shape index (κ1) is 18.0. The minimum absolute atomic E-state index is 0.0285. The van der Waals surface area contributed by atoms with Crippen molar-refractivity contribution >= 4 is 11.9 Å². The van der Waals surface area contributed by atoms with Gasteiger partial charge in [-0.15, -0.1) is 0 Å². The third-order valence-electron chi connectivity index (χ3n) is 4.79. The fourth-order valence-electron chi connectivity index (χ4n) is 3.19. The number of benzene rings is 2. The van der Waals surface area contributed by atoms with Gasteiger partial charge >= 0.3 is 6.03 Å². The van der Waals surface area contributed by atoms with E-state index >= 15 is 0 Å². The SMILES string of the molecule is CC(NC(=O)N1CCC(NC(=O)c2ccccc2)CC1)c1ccccc1. The number of piperidine rings is 1. The molecule has 1 saturated heterocycles. The van der Waals surface area contributed by atoms with Crippen molar-refractivity contribution in [3.63, 3.8) is 0 Å². The van der Waals surface area contributed by atoms with Gasteiger partial charge in [-0.3, -0.25) is 4.79 Å². The van der Waals surface area contributed by atoms with Crippen molar-refractivity contribution in [1.82, 2.24) is 15.5 Å². The number of rotatable bonds is 4. The number of likely N-dealkylation sites (tertiary alicyclic amines) is 1. The summed E-state index contributed by atoms with van der Waals surface area (Å²) < 4.78 is 0. The van der Waals surface area contributed by atoms with Crippen molar-refractivity contribution in [2.75, 3.05) is 13.1 Å². The van der Waals surface area contributed by atoms with Crippen LogP contribution in [0.2, 0.25) is 0 Å². The van der Waals surface area contributed by atoms with Gasteiger partial charge in [0.2, 0.25) is 0 Å². The van der Waals surface area contributed by atoms with Crippen LogP contribution in [-0.4, -0.2) is 36.0 Å². The fraction of sp³-hybridized carbons (Fsp3) is 0.333. The number of carbonyl (C=O) groups excluding carboxylic acids is 2. The molecule has 136 valence electrons. The molecule has 0 aliphatic carbocycles. The molecule has 2 aromatic rings. The minimum atomic E-state index is -0.0498. The second-order valence-corrected chi connectivity index (χ2v) is 6.68. The Morgan fingerprint density at radius 2 is 1.54 bits per heavy atom. The largest absolute Gasteiger partial charge is 0.349 e. The number of hydrogen-bond donors (Lipinski definition) is 2. The average molecular weight is 351 g/mol. The first-order valence-corrected chi connectivity index (χ1v) is 9.10. The lowest BCUT2D eigenvalue weighted by molar-refractivity contribution is 0.0917. The molecule has 0 saturated carbocycles. The standard InChI is InChI=1S/C21H25N3O2/c1-16(17-8-4-2-5-9-17)22-21(26)24-14-12-19(13-15-24)23-20(25)18-10-6-3-7-11-18/h2-11,16,19H,12-15H2,1H3,(H,22,26)(H,23,25). The Bertz CT molecular complexity index is 725. The van der Waals surface area contributed by atoms with Crippen LogP contribution in [0.5, 0.6) is 0 Å². The van der Waals surface area contributed by atoms with Crippen LogP contribution in [0, 0.1) is 0 Å². The number of nitrogens with one attached hydrogen (secondary N) is 2. The van der Waals surface area contributed by atoms with Gasteiger partial charge in [-0.2, -0.15) is 0 Å². The Kier molecular flexibility index (Phi) is 5.89. The highest BCUT2D eigenvalue weighted by molar-refractivity contribution is 5.94. The summed E-state index contributed by atoms with van der Waals surface area (Å²) in [7, 11) is 0. The molecular formula is C21H25N3O2. The number of carbonyl (C=O) groups is 2. The van der Waals surface area contributed by atoms with Gasteiger partial charge < -0.3 is 15.5 Å². The van der Waals surface area contributed by atoms with Crippen LogP contribution in [0.1, 0.15) is 41.7 Å². The van der Waals surface area contributed by atoms with E-state index in [4.69, 9.17) is 0 Å². The first-order valence-electron chi connectivity index (χ1n) is 9.10. The third-order valence-corrected chi connectivity index (χ3v) is 4.79. The molecule has 5 nitrogen and oxygen atoms in total. The normalized spacial score (nSPS) is 16.0. The van der Waals surface area contributed by atoms with Gasteiger partial charge in [0, 0.05) is 24.7 Å². The lowest BCUT2D eigenvalue weighted by Crippen LogP contribution is -2.49. The molecule has 1 fully saturated rings. The number of nitrogens with zero attached hydrogens (tertiary/aromatic N) is 1. The molecule has 1 heterocycles. The Hall–Kier alpha value is -2.82. The second-order valence-electron chi connectivity index (χ2n) is 6.68. The molecule has 0 radical (unpaired) electrons. The predicted octanol–water partition coefficient (Wildman–Crippen LogP) is 3.35. The third kappa shape index (κ3) is 4.63. The summed E-state index contributed by atoms with van der Waals surface area (Å²) in [5.41, 5.74) is 1.76. The highest BCUT2D eigenvalue weighted by atomic mass is 16.2. The highest BCUT2D eigenvalue weighted by Gasteiger charge is 2.25. The van der Waals surface area contributed by atoms with Crippen molar-refractivity contribution in [1.29, 1.82) is 0 Å². The topological polar surface area (TPSA) is 61.4 Å². The summed E-state index contributed by atoms with van der Waals surface area (Å²) in [4.78, 5) is 26.5. The van der Waals surface area contributed by atoms with E-state index in [0.29, 0.717) is 18.7 Å². The molecular weight excluding hydrogens is 326 g/mol. The van der Waals surface area contributed by atoms with E-state index in [-0.39, 0.29) is 24.0 Å². The Morgan fingerprint density at radius 1 is 0.962 bits per heavy atom. The molecule has 1 unspecified atom stereocenters. The zero-order valence-electron chi connectivity index (χ0n) is 15.0. The summed E-state index contributed by atoms with van der Waals surface area (Å²) in [6.07, 6.45) is 1.54. The van der Waals surface area contributed by atoms with Crippen LogP contribution in [0.3, 0.4) is 0 Å². The van der Waals surface area contributed by atoms with Crippen molar-refractivity contribution in [3.05, 3.63) is 71.8 Å². The summed E-state index contributed by atoms with van der Waals surface area (Å²) in [5, 5.41) is 6.11. The zero-order chi connectivity index (χ0) is 18.4. The monoisotopic (exact) mass is 351 g/mol. The quantitative estimate of drug-likeness (QED) is 0.887. The van der Waals surface area contributed by atoms with Gasteiger partial charge in [-0.1, -0.05) is 48.5 Å². The fourth-order valence-corrected chi connectivity index (χ4v) is 3.19. The molecule has 3 rings (SSSR count). The Morgan fingerprint density at radius 3 is 2.15 bits per heavy atom. The van der Waals surface area contributed by atoms with Gasteiger partial charge in [0.05, 0.1) is 6.04 Å². The first-order chi connectivity index (χ1) is 12.6. The molecule has 1 atom stereocenters. The molecule has 5 heteroatoms. The summed E-state index contributed by atoms with van der Waals surface area (Å²) in [6.45, 7) is 3.28. The molecule has 0 spiro atoms. The van der Waals surface area contributed by atoms with Crippen LogP contribution in [0.4, 0.5) is 4.79 Å².